The van der Waals surface area contributed by atoms with Crippen molar-refractivity contribution in [3.63, 3.8) is 0 Å². The molecule has 1 aliphatic carbocycles. The average molecular weight is 438 g/mol. The highest BCUT2D eigenvalue weighted by Crippen LogP contribution is 2.20. The third-order valence-electron chi connectivity index (χ3n) is 5.31. The van der Waals surface area contributed by atoms with Gasteiger partial charge in [-0.05, 0) is 60.7 Å². The van der Waals surface area contributed by atoms with E-state index in [9.17, 15) is 9.18 Å². The monoisotopic (exact) mass is 437 g/mol. The Labute approximate surface area is 186 Å². The van der Waals surface area contributed by atoms with E-state index >= 15 is 0 Å². The highest BCUT2D eigenvalue weighted by atomic mass is 19.1. The number of hydrogen-bond donors (Lipinski definition) is 4. The fourth-order valence-electron chi connectivity index (χ4n) is 3.47. The zero-order valence-corrected chi connectivity index (χ0v) is 18.1. The van der Waals surface area contributed by atoms with Crippen LogP contribution < -0.4 is 20.7 Å². The Morgan fingerprint density at radius 2 is 2.09 bits per heavy atom. The summed E-state index contributed by atoms with van der Waals surface area (Å²) in [5.41, 5.74) is 2.99. The van der Waals surface area contributed by atoms with E-state index in [2.05, 4.69) is 25.9 Å². The topological polar surface area (TPSA) is 90.5 Å². The molecule has 4 rings (SSSR count). The van der Waals surface area contributed by atoms with Crippen LogP contribution in [-0.2, 0) is 17.8 Å². The highest BCUT2D eigenvalue weighted by molar-refractivity contribution is 5.83. The number of ether oxygens (including phenoxy) is 1. The Morgan fingerprint density at radius 1 is 1.22 bits per heavy atom. The quantitative estimate of drug-likeness (QED) is 0.306. The maximum Gasteiger partial charge on any atom is 0.258 e. The van der Waals surface area contributed by atoms with Gasteiger partial charge < -0.3 is 25.7 Å². The minimum absolute atomic E-state index is 0.0222. The van der Waals surface area contributed by atoms with Gasteiger partial charge in [0.25, 0.3) is 5.91 Å². The van der Waals surface area contributed by atoms with Gasteiger partial charge in [0.05, 0.1) is 0 Å². The van der Waals surface area contributed by atoms with Gasteiger partial charge in [0, 0.05) is 43.3 Å². The summed E-state index contributed by atoms with van der Waals surface area (Å²) in [6, 6.07) is 12.7. The van der Waals surface area contributed by atoms with E-state index < -0.39 is 0 Å². The van der Waals surface area contributed by atoms with Gasteiger partial charge in [-0.3, -0.25) is 9.79 Å². The Balaban J connectivity index is 1.23. The van der Waals surface area contributed by atoms with Crippen LogP contribution in [0.2, 0.25) is 0 Å². The lowest BCUT2D eigenvalue weighted by atomic mass is 10.1. The lowest BCUT2D eigenvalue weighted by molar-refractivity contribution is -0.123. The number of carbonyl (C=O) groups is 1. The molecule has 0 spiro atoms. The van der Waals surface area contributed by atoms with Crippen molar-refractivity contribution in [3.8, 4) is 5.75 Å². The summed E-state index contributed by atoms with van der Waals surface area (Å²) in [4.78, 5) is 19.2. The van der Waals surface area contributed by atoms with E-state index in [-0.39, 0.29) is 18.3 Å². The van der Waals surface area contributed by atoms with Gasteiger partial charge >= 0.3 is 0 Å². The number of hydrogen-bond acceptors (Lipinski definition) is 3. The third kappa shape index (κ3) is 6.00. The second-order valence-corrected chi connectivity index (χ2v) is 7.88. The second-order valence-electron chi connectivity index (χ2n) is 7.88. The summed E-state index contributed by atoms with van der Waals surface area (Å²) in [7, 11) is 1.72. The number of aliphatic imine (C=N–C) groups is 1. The Hall–Kier alpha value is -3.55. The van der Waals surface area contributed by atoms with Crippen LogP contribution in [0.4, 0.5) is 4.39 Å². The van der Waals surface area contributed by atoms with E-state index in [0.29, 0.717) is 30.8 Å². The smallest absolute Gasteiger partial charge is 0.258 e. The summed E-state index contributed by atoms with van der Waals surface area (Å²) in [5.74, 6) is 1.01. The number of rotatable bonds is 9. The summed E-state index contributed by atoms with van der Waals surface area (Å²) < 4.78 is 19.1. The number of fused-ring (bicyclic) bond motifs is 1. The predicted molar refractivity (Wildman–Crippen MR) is 123 cm³/mol. The van der Waals surface area contributed by atoms with Crippen molar-refractivity contribution in [2.24, 2.45) is 4.99 Å². The Morgan fingerprint density at radius 3 is 2.91 bits per heavy atom. The molecule has 0 radical (unpaired) electrons. The summed E-state index contributed by atoms with van der Waals surface area (Å²) >= 11 is 0. The van der Waals surface area contributed by atoms with Crippen molar-refractivity contribution in [2.75, 3.05) is 20.2 Å². The molecule has 0 unspecified atom stereocenters. The maximum absolute atomic E-state index is 13.5. The molecule has 1 aromatic heterocycles. The minimum atomic E-state index is -0.237. The lowest BCUT2D eigenvalue weighted by Gasteiger charge is -2.13. The van der Waals surface area contributed by atoms with Crippen molar-refractivity contribution in [1.29, 1.82) is 0 Å². The molecule has 0 bridgehead atoms. The standard InChI is InChI=1S/C24H28FN5O2/c1-26-24(27-10-9-17-14-28-22-8-5-18(25)12-21(17)22)29-13-16-3-2-4-20(11-16)32-15-23(31)30-19-6-7-19/h2-5,8,11-12,14,19,28H,6-7,9-10,13,15H2,1H3,(H,30,31)(H2,26,27,29). The normalized spacial score (nSPS) is 13.8. The Kier molecular flexibility index (Phi) is 6.89. The molecule has 1 aliphatic rings. The lowest BCUT2D eigenvalue weighted by Crippen LogP contribution is -2.37. The second kappa shape index (κ2) is 10.2. The molecular weight excluding hydrogens is 409 g/mol. The molecule has 0 atom stereocenters. The molecule has 0 saturated heterocycles. The highest BCUT2D eigenvalue weighted by Gasteiger charge is 2.23. The first-order chi connectivity index (χ1) is 15.6. The number of aromatic nitrogens is 1. The van der Waals surface area contributed by atoms with Crippen LogP contribution in [-0.4, -0.2) is 43.1 Å². The number of benzene rings is 2. The van der Waals surface area contributed by atoms with Gasteiger partial charge in [0.1, 0.15) is 11.6 Å². The summed E-state index contributed by atoms with van der Waals surface area (Å²) in [6.07, 6.45) is 4.76. The molecular formula is C24H28FN5O2. The van der Waals surface area contributed by atoms with E-state index in [4.69, 9.17) is 4.74 Å². The van der Waals surface area contributed by atoms with Crippen LogP contribution in [0.3, 0.4) is 0 Å². The van der Waals surface area contributed by atoms with Gasteiger partial charge in [-0.1, -0.05) is 12.1 Å². The van der Waals surface area contributed by atoms with Gasteiger partial charge in [0.15, 0.2) is 12.6 Å². The van der Waals surface area contributed by atoms with Gasteiger partial charge in [-0.2, -0.15) is 0 Å². The fraction of sp³-hybridized carbons (Fsp3) is 0.333. The van der Waals surface area contributed by atoms with Crippen LogP contribution in [0.5, 0.6) is 5.75 Å². The molecule has 0 aliphatic heterocycles. The van der Waals surface area contributed by atoms with Crippen molar-refractivity contribution in [3.05, 3.63) is 65.6 Å². The number of aromatic amines is 1. The molecule has 1 fully saturated rings. The molecule has 1 amide bonds. The van der Waals surface area contributed by atoms with Crippen molar-refractivity contribution >= 4 is 22.8 Å². The van der Waals surface area contributed by atoms with Crippen LogP contribution in [0.1, 0.15) is 24.0 Å². The zero-order valence-electron chi connectivity index (χ0n) is 18.1. The largest absolute Gasteiger partial charge is 0.484 e. The minimum Gasteiger partial charge on any atom is -0.484 e. The first-order valence-electron chi connectivity index (χ1n) is 10.8. The van der Waals surface area contributed by atoms with Crippen molar-refractivity contribution in [2.45, 2.75) is 31.8 Å². The molecule has 3 aromatic rings. The summed E-state index contributed by atoms with van der Waals surface area (Å²) in [5, 5.41) is 10.4. The number of guanidine groups is 1. The molecule has 2 aromatic carbocycles. The van der Waals surface area contributed by atoms with Crippen LogP contribution >= 0.6 is 0 Å². The van der Waals surface area contributed by atoms with Gasteiger partial charge in [0.2, 0.25) is 0 Å². The third-order valence-corrected chi connectivity index (χ3v) is 5.31. The van der Waals surface area contributed by atoms with Crippen molar-refractivity contribution < 1.29 is 13.9 Å². The predicted octanol–water partition coefficient (Wildman–Crippen LogP) is 2.87. The number of carbonyl (C=O) groups excluding carboxylic acids is 1. The first kappa shape index (κ1) is 21.7. The maximum atomic E-state index is 13.5. The first-order valence-corrected chi connectivity index (χ1v) is 10.8. The molecule has 1 heterocycles. The number of H-pyrrole nitrogens is 1. The van der Waals surface area contributed by atoms with E-state index in [0.717, 1.165) is 41.3 Å². The van der Waals surface area contributed by atoms with Gasteiger partial charge in [-0.15, -0.1) is 0 Å². The number of halogens is 1. The SMILES string of the molecule is CN=C(NCCc1c[nH]c2ccc(F)cc12)NCc1cccc(OCC(=O)NC2CC2)c1. The number of nitrogens with zero attached hydrogens (tertiary/aromatic N) is 1. The Bertz CT molecular complexity index is 1110. The van der Waals surface area contributed by atoms with E-state index in [1.165, 1.54) is 6.07 Å². The summed E-state index contributed by atoms with van der Waals surface area (Å²) in [6.45, 7) is 1.24. The molecule has 168 valence electrons. The van der Waals surface area contributed by atoms with Crippen LogP contribution in [0.15, 0.2) is 53.7 Å². The molecule has 1 saturated carbocycles. The van der Waals surface area contributed by atoms with Gasteiger partial charge in [-0.25, -0.2) is 4.39 Å². The fourth-order valence-corrected chi connectivity index (χ4v) is 3.47. The molecule has 8 heteroatoms. The zero-order chi connectivity index (χ0) is 22.3. The average Bonchev–Trinajstić information content (AvgIpc) is 3.53. The van der Waals surface area contributed by atoms with Crippen molar-refractivity contribution in [1.82, 2.24) is 20.9 Å². The van der Waals surface area contributed by atoms with E-state index in [1.807, 2.05) is 30.5 Å². The van der Waals surface area contributed by atoms with Crippen LogP contribution in [0.25, 0.3) is 10.9 Å². The molecule has 32 heavy (non-hydrogen) atoms. The number of amides is 1. The molecule has 4 N–H and O–H groups in total. The number of nitrogens with one attached hydrogen (secondary N) is 4. The molecule has 7 nitrogen and oxygen atoms in total. The van der Waals surface area contributed by atoms with E-state index in [1.54, 1.807) is 19.2 Å². The van der Waals surface area contributed by atoms with Crippen LogP contribution in [0, 0.1) is 5.82 Å².